The van der Waals surface area contributed by atoms with Crippen molar-refractivity contribution in [3.63, 3.8) is 0 Å². The Morgan fingerprint density at radius 3 is 2.80 bits per heavy atom. The van der Waals surface area contributed by atoms with E-state index in [1.54, 1.807) is 32.0 Å². The van der Waals surface area contributed by atoms with Gasteiger partial charge >= 0.3 is 0 Å². The molecule has 2 heterocycles. The summed E-state index contributed by atoms with van der Waals surface area (Å²) in [7, 11) is 0. The fourth-order valence-electron chi connectivity index (χ4n) is 1.94. The van der Waals surface area contributed by atoms with Gasteiger partial charge in [-0.25, -0.2) is 0 Å². The standard InChI is InChI=1S/C13H12N4O3/c1-13(2,19)7-3-4-10-8(5-7)11(18)9(6-20-10)12-14-16-17-15-12/h3-6,19H,1-2H3,(H,14,15,16,17). The maximum Gasteiger partial charge on any atom is 0.211 e. The molecule has 2 aromatic heterocycles. The van der Waals surface area contributed by atoms with E-state index in [0.717, 1.165) is 0 Å². The molecular formula is C13H12N4O3. The van der Waals surface area contributed by atoms with Gasteiger partial charge in [-0.2, -0.15) is 5.21 Å². The molecule has 7 heteroatoms. The van der Waals surface area contributed by atoms with Crippen molar-refractivity contribution in [3.05, 3.63) is 40.2 Å². The number of hydrogen-bond donors (Lipinski definition) is 2. The van der Waals surface area contributed by atoms with E-state index in [1.165, 1.54) is 6.26 Å². The molecule has 1 aromatic carbocycles. The van der Waals surface area contributed by atoms with Gasteiger partial charge in [0.15, 0.2) is 0 Å². The average molecular weight is 272 g/mol. The van der Waals surface area contributed by atoms with Crippen LogP contribution in [0.4, 0.5) is 0 Å². The summed E-state index contributed by atoms with van der Waals surface area (Å²) in [5.74, 6) is 0.175. The van der Waals surface area contributed by atoms with Crippen molar-refractivity contribution in [3.8, 4) is 11.4 Å². The predicted octanol–water partition coefficient (Wildman–Crippen LogP) is 1.20. The molecule has 102 valence electrons. The minimum atomic E-state index is -1.04. The van der Waals surface area contributed by atoms with Crippen LogP contribution in [0.1, 0.15) is 19.4 Å². The van der Waals surface area contributed by atoms with Crippen LogP contribution in [-0.4, -0.2) is 25.7 Å². The molecule has 0 unspecified atom stereocenters. The number of benzene rings is 1. The van der Waals surface area contributed by atoms with E-state index in [9.17, 15) is 9.90 Å². The van der Waals surface area contributed by atoms with Gasteiger partial charge in [0.2, 0.25) is 11.3 Å². The second-order valence-corrected chi connectivity index (χ2v) is 4.98. The number of aromatic nitrogens is 4. The zero-order chi connectivity index (χ0) is 14.3. The second kappa shape index (κ2) is 4.24. The van der Waals surface area contributed by atoms with Crippen LogP contribution in [0.5, 0.6) is 0 Å². The van der Waals surface area contributed by atoms with Crippen LogP contribution in [0.15, 0.2) is 33.7 Å². The van der Waals surface area contributed by atoms with Gasteiger partial charge in [0.25, 0.3) is 0 Å². The summed E-state index contributed by atoms with van der Waals surface area (Å²) < 4.78 is 5.41. The molecule has 0 aliphatic carbocycles. The van der Waals surface area contributed by atoms with Crippen LogP contribution in [0, 0.1) is 0 Å². The van der Waals surface area contributed by atoms with Gasteiger partial charge in [0.05, 0.1) is 11.0 Å². The molecule has 0 spiro atoms. The third-order valence-electron chi connectivity index (χ3n) is 3.07. The van der Waals surface area contributed by atoms with Gasteiger partial charge in [-0.05, 0) is 36.8 Å². The molecule has 0 amide bonds. The van der Waals surface area contributed by atoms with Crippen molar-refractivity contribution in [1.29, 1.82) is 0 Å². The molecule has 0 radical (unpaired) electrons. The Hall–Kier alpha value is -2.54. The summed E-state index contributed by atoms with van der Waals surface area (Å²) in [4.78, 5) is 12.4. The summed E-state index contributed by atoms with van der Waals surface area (Å²) in [6.07, 6.45) is 1.30. The number of hydrogen-bond acceptors (Lipinski definition) is 6. The number of H-pyrrole nitrogens is 1. The number of nitrogens with one attached hydrogen (secondary N) is 1. The highest BCUT2D eigenvalue weighted by Crippen LogP contribution is 2.24. The molecular weight excluding hydrogens is 260 g/mol. The monoisotopic (exact) mass is 272 g/mol. The number of tetrazole rings is 1. The fraction of sp³-hybridized carbons (Fsp3) is 0.231. The topological polar surface area (TPSA) is 105 Å². The Labute approximate surface area is 113 Å². The van der Waals surface area contributed by atoms with Gasteiger partial charge in [0.1, 0.15) is 17.4 Å². The first-order valence-electron chi connectivity index (χ1n) is 5.99. The number of aliphatic hydroxyl groups is 1. The highest BCUT2D eigenvalue weighted by atomic mass is 16.3. The highest BCUT2D eigenvalue weighted by Gasteiger charge is 2.19. The lowest BCUT2D eigenvalue weighted by Gasteiger charge is -2.17. The van der Waals surface area contributed by atoms with Crippen molar-refractivity contribution in [2.75, 3.05) is 0 Å². The third kappa shape index (κ3) is 1.97. The first kappa shape index (κ1) is 12.5. The molecule has 0 fully saturated rings. The minimum Gasteiger partial charge on any atom is -0.463 e. The number of fused-ring (bicyclic) bond motifs is 1. The molecule has 3 rings (SSSR count). The lowest BCUT2D eigenvalue weighted by atomic mass is 9.96. The predicted molar refractivity (Wildman–Crippen MR) is 70.9 cm³/mol. The maximum atomic E-state index is 12.4. The van der Waals surface area contributed by atoms with Crippen LogP contribution in [0.3, 0.4) is 0 Å². The molecule has 20 heavy (non-hydrogen) atoms. The quantitative estimate of drug-likeness (QED) is 0.726. The first-order chi connectivity index (χ1) is 9.47. The van der Waals surface area contributed by atoms with Crippen LogP contribution in [0.2, 0.25) is 0 Å². The van der Waals surface area contributed by atoms with Gasteiger partial charge in [0, 0.05) is 0 Å². The van der Waals surface area contributed by atoms with Crippen molar-refractivity contribution in [2.45, 2.75) is 19.4 Å². The summed E-state index contributed by atoms with van der Waals surface area (Å²) in [5, 5.41) is 23.6. The van der Waals surface area contributed by atoms with Crippen LogP contribution >= 0.6 is 0 Å². The van der Waals surface area contributed by atoms with E-state index in [1.807, 2.05) is 0 Å². The van der Waals surface area contributed by atoms with Crippen molar-refractivity contribution in [2.24, 2.45) is 0 Å². The smallest absolute Gasteiger partial charge is 0.211 e. The first-order valence-corrected chi connectivity index (χ1v) is 5.99. The Kier molecular flexibility index (Phi) is 2.65. The maximum absolute atomic E-state index is 12.4. The Morgan fingerprint density at radius 2 is 2.15 bits per heavy atom. The normalized spacial score (nSPS) is 11.9. The Bertz CT molecular complexity index is 816. The third-order valence-corrected chi connectivity index (χ3v) is 3.07. The van der Waals surface area contributed by atoms with Crippen molar-refractivity contribution >= 4 is 11.0 Å². The molecule has 0 bridgehead atoms. The van der Waals surface area contributed by atoms with E-state index in [2.05, 4.69) is 20.6 Å². The molecule has 0 atom stereocenters. The average Bonchev–Trinajstić information content (AvgIpc) is 2.91. The van der Waals surface area contributed by atoms with E-state index in [-0.39, 0.29) is 16.8 Å². The van der Waals surface area contributed by atoms with Gasteiger partial charge < -0.3 is 9.52 Å². The summed E-state index contributed by atoms with van der Waals surface area (Å²) in [5.41, 5.74) is -0.0151. The molecule has 0 saturated heterocycles. The Balaban J connectivity index is 2.28. The summed E-state index contributed by atoms with van der Waals surface area (Å²) >= 11 is 0. The summed E-state index contributed by atoms with van der Waals surface area (Å²) in [6, 6.07) is 4.99. The number of nitrogens with zero attached hydrogens (tertiary/aromatic N) is 3. The minimum absolute atomic E-state index is 0.175. The lowest BCUT2D eigenvalue weighted by Crippen LogP contribution is -2.16. The van der Waals surface area contributed by atoms with E-state index < -0.39 is 5.60 Å². The van der Waals surface area contributed by atoms with Crippen LogP contribution in [0.25, 0.3) is 22.4 Å². The van der Waals surface area contributed by atoms with Crippen LogP contribution < -0.4 is 5.43 Å². The molecule has 3 aromatic rings. The zero-order valence-corrected chi connectivity index (χ0v) is 10.9. The van der Waals surface area contributed by atoms with E-state index >= 15 is 0 Å². The molecule has 2 N–H and O–H groups in total. The van der Waals surface area contributed by atoms with Gasteiger partial charge in [-0.1, -0.05) is 6.07 Å². The number of aromatic amines is 1. The van der Waals surface area contributed by atoms with E-state index in [0.29, 0.717) is 16.5 Å². The van der Waals surface area contributed by atoms with Crippen molar-refractivity contribution < 1.29 is 9.52 Å². The van der Waals surface area contributed by atoms with Gasteiger partial charge in [-0.3, -0.25) is 4.79 Å². The molecule has 0 saturated carbocycles. The van der Waals surface area contributed by atoms with Crippen LogP contribution in [-0.2, 0) is 5.60 Å². The lowest BCUT2D eigenvalue weighted by molar-refractivity contribution is 0.0787. The number of rotatable bonds is 2. The largest absolute Gasteiger partial charge is 0.463 e. The molecule has 0 aliphatic rings. The zero-order valence-electron chi connectivity index (χ0n) is 10.9. The SMILES string of the molecule is CC(C)(O)c1ccc2occ(-c3nn[nH]n3)c(=O)c2c1. The molecule has 7 nitrogen and oxygen atoms in total. The summed E-state index contributed by atoms with van der Waals surface area (Å²) in [6.45, 7) is 3.30. The fourth-order valence-corrected chi connectivity index (χ4v) is 1.94. The van der Waals surface area contributed by atoms with Crippen molar-refractivity contribution in [1.82, 2.24) is 20.6 Å². The Morgan fingerprint density at radius 1 is 1.35 bits per heavy atom. The van der Waals surface area contributed by atoms with E-state index in [4.69, 9.17) is 4.42 Å². The van der Waals surface area contributed by atoms with Gasteiger partial charge in [-0.15, -0.1) is 10.2 Å². The molecule has 0 aliphatic heterocycles. The highest BCUT2D eigenvalue weighted by molar-refractivity contribution is 5.81. The second-order valence-electron chi connectivity index (χ2n) is 4.98.